The summed E-state index contributed by atoms with van der Waals surface area (Å²) in [5, 5.41) is 10.4. The van der Waals surface area contributed by atoms with E-state index in [9.17, 15) is 5.11 Å². The van der Waals surface area contributed by atoms with Gasteiger partial charge in [0.2, 0.25) is 0 Å². The van der Waals surface area contributed by atoms with Gasteiger partial charge in [0.25, 0.3) is 0 Å². The molecule has 0 amide bonds. The van der Waals surface area contributed by atoms with Gasteiger partial charge < -0.3 is 10.0 Å². The van der Waals surface area contributed by atoms with Crippen molar-refractivity contribution < 1.29 is 5.11 Å². The highest BCUT2D eigenvalue weighted by Gasteiger charge is 2.34. The molecule has 1 heterocycles. The van der Waals surface area contributed by atoms with Crippen molar-refractivity contribution in [3.63, 3.8) is 0 Å². The van der Waals surface area contributed by atoms with E-state index in [0.717, 1.165) is 13.0 Å². The van der Waals surface area contributed by atoms with Crippen LogP contribution in [0.3, 0.4) is 0 Å². The fourth-order valence-electron chi connectivity index (χ4n) is 4.05. The maximum atomic E-state index is 10.4. The zero-order valence-corrected chi connectivity index (χ0v) is 12.4. The van der Waals surface area contributed by atoms with Crippen molar-refractivity contribution in [2.45, 2.75) is 71.4 Å². The first-order chi connectivity index (χ1) is 8.58. The summed E-state index contributed by atoms with van der Waals surface area (Å²) in [5.41, 5.74) is 0. The molecule has 1 saturated heterocycles. The summed E-state index contributed by atoms with van der Waals surface area (Å²) < 4.78 is 0. The molecular weight excluding hydrogens is 222 g/mol. The summed E-state index contributed by atoms with van der Waals surface area (Å²) in [5.74, 6) is 1.88. The quantitative estimate of drug-likeness (QED) is 0.816. The minimum atomic E-state index is -0.0702. The first-order valence-corrected chi connectivity index (χ1v) is 8.00. The van der Waals surface area contributed by atoms with E-state index < -0.39 is 0 Å². The molecule has 18 heavy (non-hydrogen) atoms. The summed E-state index contributed by atoms with van der Waals surface area (Å²) in [6.07, 6.45) is 7.70. The van der Waals surface area contributed by atoms with Gasteiger partial charge in [-0.05, 0) is 51.0 Å². The third-order valence-electron chi connectivity index (χ3n) is 5.28. The SMILES string of the molecule is CC1CC(C)C(CN2CCCCCC2C)C(O)C1. The minimum Gasteiger partial charge on any atom is -0.393 e. The van der Waals surface area contributed by atoms with Crippen molar-refractivity contribution in [3.8, 4) is 0 Å². The van der Waals surface area contributed by atoms with Crippen LogP contribution in [0, 0.1) is 17.8 Å². The Kier molecular flexibility index (Phi) is 5.08. The lowest BCUT2D eigenvalue weighted by Crippen LogP contribution is -2.45. The summed E-state index contributed by atoms with van der Waals surface area (Å²) in [4.78, 5) is 2.65. The standard InChI is InChI=1S/C16H31NO/c1-12-9-13(2)15(16(18)10-12)11-17-8-6-4-5-7-14(17)3/h12-16,18H,4-11H2,1-3H3. The number of aliphatic hydroxyl groups is 1. The molecule has 5 unspecified atom stereocenters. The van der Waals surface area contributed by atoms with Crippen LogP contribution in [0.1, 0.15) is 59.3 Å². The van der Waals surface area contributed by atoms with E-state index in [-0.39, 0.29) is 6.10 Å². The highest BCUT2D eigenvalue weighted by Crippen LogP contribution is 2.35. The Hall–Kier alpha value is -0.0800. The fraction of sp³-hybridized carbons (Fsp3) is 1.00. The van der Waals surface area contributed by atoms with Gasteiger partial charge in [-0.2, -0.15) is 0 Å². The van der Waals surface area contributed by atoms with E-state index in [1.165, 1.54) is 38.6 Å². The van der Waals surface area contributed by atoms with Crippen molar-refractivity contribution in [1.29, 1.82) is 0 Å². The number of hydrogen-bond acceptors (Lipinski definition) is 2. The molecule has 0 bridgehead atoms. The Morgan fingerprint density at radius 1 is 1.06 bits per heavy atom. The summed E-state index contributed by atoms with van der Waals surface area (Å²) in [6, 6.07) is 0.714. The summed E-state index contributed by atoms with van der Waals surface area (Å²) in [6.45, 7) is 9.35. The average molecular weight is 253 g/mol. The molecule has 0 aromatic heterocycles. The lowest BCUT2D eigenvalue weighted by atomic mass is 9.73. The summed E-state index contributed by atoms with van der Waals surface area (Å²) in [7, 11) is 0. The molecule has 1 saturated carbocycles. The zero-order valence-electron chi connectivity index (χ0n) is 12.4. The summed E-state index contributed by atoms with van der Waals surface area (Å²) >= 11 is 0. The van der Waals surface area contributed by atoms with Gasteiger partial charge in [-0.25, -0.2) is 0 Å². The van der Waals surface area contributed by atoms with Gasteiger partial charge in [0.1, 0.15) is 0 Å². The van der Waals surface area contributed by atoms with Gasteiger partial charge >= 0.3 is 0 Å². The van der Waals surface area contributed by atoms with Gasteiger partial charge in [0, 0.05) is 18.5 Å². The van der Waals surface area contributed by atoms with Crippen LogP contribution in [0.15, 0.2) is 0 Å². The predicted molar refractivity (Wildman–Crippen MR) is 76.6 cm³/mol. The Morgan fingerprint density at radius 2 is 1.83 bits per heavy atom. The highest BCUT2D eigenvalue weighted by atomic mass is 16.3. The Bertz CT molecular complexity index is 243. The molecule has 2 fully saturated rings. The maximum absolute atomic E-state index is 10.4. The molecule has 106 valence electrons. The monoisotopic (exact) mass is 253 g/mol. The predicted octanol–water partition coefficient (Wildman–Crippen LogP) is 3.29. The van der Waals surface area contributed by atoms with Crippen molar-refractivity contribution in [2.75, 3.05) is 13.1 Å². The first kappa shape index (κ1) is 14.3. The number of likely N-dealkylation sites (tertiary alicyclic amines) is 1. The third kappa shape index (κ3) is 3.48. The van der Waals surface area contributed by atoms with Crippen LogP contribution in [-0.2, 0) is 0 Å². The first-order valence-electron chi connectivity index (χ1n) is 8.00. The molecule has 2 aliphatic rings. The molecule has 1 aliphatic heterocycles. The smallest absolute Gasteiger partial charge is 0.0585 e. The number of hydrogen-bond donors (Lipinski definition) is 1. The number of aliphatic hydroxyl groups excluding tert-OH is 1. The van der Waals surface area contributed by atoms with Crippen LogP contribution in [-0.4, -0.2) is 35.2 Å². The zero-order chi connectivity index (χ0) is 13.1. The van der Waals surface area contributed by atoms with Crippen molar-refractivity contribution in [3.05, 3.63) is 0 Å². The lowest BCUT2D eigenvalue weighted by molar-refractivity contribution is -0.00739. The van der Waals surface area contributed by atoms with Crippen LogP contribution < -0.4 is 0 Å². The van der Waals surface area contributed by atoms with Crippen LogP contribution in [0.2, 0.25) is 0 Å². The second-order valence-electron chi connectivity index (χ2n) is 6.98. The molecule has 5 atom stereocenters. The van der Waals surface area contributed by atoms with Gasteiger partial charge in [0.05, 0.1) is 6.10 Å². The molecule has 0 aromatic rings. The molecule has 0 spiro atoms. The van der Waals surface area contributed by atoms with Crippen molar-refractivity contribution in [1.82, 2.24) is 4.90 Å². The molecule has 0 aromatic carbocycles. The number of nitrogens with zero attached hydrogens (tertiary/aromatic N) is 1. The van der Waals surface area contributed by atoms with Gasteiger partial charge in [-0.3, -0.25) is 0 Å². The van der Waals surface area contributed by atoms with Gasteiger partial charge in [-0.15, -0.1) is 0 Å². The molecule has 2 nitrogen and oxygen atoms in total. The van der Waals surface area contributed by atoms with E-state index in [0.29, 0.717) is 23.8 Å². The second kappa shape index (κ2) is 6.38. The Morgan fingerprint density at radius 3 is 2.56 bits per heavy atom. The molecule has 2 heteroatoms. The van der Waals surface area contributed by atoms with E-state index in [1.54, 1.807) is 0 Å². The van der Waals surface area contributed by atoms with Crippen LogP contribution >= 0.6 is 0 Å². The van der Waals surface area contributed by atoms with Crippen LogP contribution in [0.4, 0.5) is 0 Å². The maximum Gasteiger partial charge on any atom is 0.0585 e. The Balaban J connectivity index is 1.94. The van der Waals surface area contributed by atoms with Crippen molar-refractivity contribution in [2.24, 2.45) is 17.8 Å². The molecule has 2 rings (SSSR count). The van der Waals surface area contributed by atoms with Crippen LogP contribution in [0.25, 0.3) is 0 Å². The highest BCUT2D eigenvalue weighted by molar-refractivity contribution is 4.86. The minimum absolute atomic E-state index is 0.0702. The average Bonchev–Trinajstić information content (AvgIpc) is 2.49. The molecule has 1 aliphatic carbocycles. The lowest BCUT2D eigenvalue weighted by Gasteiger charge is -2.41. The van der Waals surface area contributed by atoms with E-state index in [1.807, 2.05) is 0 Å². The van der Waals surface area contributed by atoms with E-state index >= 15 is 0 Å². The van der Waals surface area contributed by atoms with Crippen molar-refractivity contribution >= 4 is 0 Å². The number of rotatable bonds is 2. The fourth-order valence-corrected chi connectivity index (χ4v) is 4.05. The molecule has 0 radical (unpaired) electrons. The van der Waals surface area contributed by atoms with E-state index in [2.05, 4.69) is 25.7 Å². The normalized spacial score (nSPS) is 43.7. The largest absolute Gasteiger partial charge is 0.393 e. The topological polar surface area (TPSA) is 23.5 Å². The molecular formula is C16H31NO. The van der Waals surface area contributed by atoms with E-state index in [4.69, 9.17) is 0 Å². The third-order valence-corrected chi connectivity index (χ3v) is 5.28. The second-order valence-corrected chi connectivity index (χ2v) is 6.98. The Labute approximate surface area is 113 Å². The van der Waals surface area contributed by atoms with Gasteiger partial charge in [-0.1, -0.05) is 26.7 Å². The van der Waals surface area contributed by atoms with Gasteiger partial charge in [0.15, 0.2) is 0 Å². The molecule has 1 N–H and O–H groups in total. The van der Waals surface area contributed by atoms with Crippen LogP contribution in [0.5, 0.6) is 0 Å².